The Bertz CT molecular complexity index is 675. The highest BCUT2D eigenvalue weighted by Gasteiger charge is 2.11. The van der Waals surface area contributed by atoms with Crippen LogP contribution >= 0.6 is 11.6 Å². The van der Waals surface area contributed by atoms with Gasteiger partial charge in [0.15, 0.2) is 0 Å². The molecule has 1 heterocycles. The van der Waals surface area contributed by atoms with Crippen LogP contribution in [-0.2, 0) is 18.4 Å². The molecule has 0 aliphatic heterocycles. The topological polar surface area (TPSA) is 64.4 Å². The molecule has 0 atom stereocenters. The van der Waals surface area contributed by atoms with Crippen LogP contribution in [0.2, 0.25) is 5.15 Å². The van der Waals surface area contributed by atoms with Crippen LogP contribution in [-0.4, -0.2) is 20.9 Å². The number of benzene rings is 1. The number of halogens is 1. The number of aliphatic carboxylic acids is 1. The van der Waals surface area contributed by atoms with E-state index < -0.39 is 5.97 Å². The highest BCUT2D eigenvalue weighted by molar-refractivity contribution is 6.30. The average molecular weight is 307 g/mol. The molecule has 0 spiro atoms. The van der Waals surface area contributed by atoms with Crippen LogP contribution in [0.1, 0.15) is 16.8 Å². The van der Waals surface area contributed by atoms with Crippen LogP contribution in [0.25, 0.3) is 6.08 Å². The Morgan fingerprint density at radius 2 is 2.10 bits per heavy atom. The predicted molar refractivity (Wildman–Crippen MR) is 80.4 cm³/mol. The zero-order valence-electron chi connectivity index (χ0n) is 11.7. The summed E-state index contributed by atoms with van der Waals surface area (Å²) in [6.45, 7) is 2.22. The van der Waals surface area contributed by atoms with Crippen molar-refractivity contribution < 1.29 is 14.6 Å². The molecule has 0 saturated carbocycles. The number of aryl methyl sites for hydroxylation is 2. The fourth-order valence-electron chi connectivity index (χ4n) is 1.84. The Hall–Kier alpha value is -2.27. The monoisotopic (exact) mass is 306 g/mol. The molecule has 1 aromatic heterocycles. The van der Waals surface area contributed by atoms with Crippen LogP contribution in [0.15, 0.2) is 30.3 Å². The van der Waals surface area contributed by atoms with E-state index in [1.807, 2.05) is 6.92 Å². The van der Waals surface area contributed by atoms with Gasteiger partial charge in [-0.15, -0.1) is 0 Å². The number of carboxylic acids is 1. The van der Waals surface area contributed by atoms with Gasteiger partial charge in [0.25, 0.3) is 0 Å². The van der Waals surface area contributed by atoms with Gasteiger partial charge in [-0.1, -0.05) is 23.7 Å². The number of hydrogen-bond acceptors (Lipinski definition) is 3. The fraction of sp³-hybridized carbons (Fsp3) is 0.200. The normalized spacial score (nSPS) is 11.0. The van der Waals surface area contributed by atoms with E-state index in [2.05, 4.69) is 5.10 Å². The highest BCUT2D eigenvalue weighted by atomic mass is 35.5. The van der Waals surface area contributed by atoms with Gasteiger partial charge in [0, 0.05) is 18.7 Å². The summed E-state index contributed by atoms with van der Waals surface area (Å²) in [5, 5.41) is 13.3. The molecule has 0 aliphatic carbocycles. The number of carbonyl (C=O) groups is 1. The van der Waals surface area contributed by atoms with Crippen LogP contribution < -0.4 is 4.74 Å². The standard InChI is InChI=1S/C15H15ClN2O3/c1-10-13(15(16)18(2)17-10)9-21-12-6-3-11(4-7-12)5-8-14(19)20/h3-8H,9H2,1-2H3,(H,19,20)/b8-5+. The molecule has 0 bridgehead atoms. The summed E-state index contributed by atoms with van der Waals surface area (Å²) in [6.07, 6.45) is 2.61. The summed E-state index contributed by atoms with van der Waals surface area (Å²) in [4.78, 5) is 10.4. The minimum Gasteiger partial charge on any atom is -0.489 e. The Kier molecular flexibility index (Phi) is 4.65. The molecule has 1 N–H and O–H groups in total. The molecule has 0 aliphatic rings. The molecular weight excluding hydrogens is 292 g/mol. The lowest BCUT2D eigenvalue weighted by atomic mass is 10.2. The van der Waals surface area contributed by atoms with Gasteiger partial charge in [0.05, 0.1) is 5.69 Å². The van der Waals surface area contributed by atoms with Crippen molar-refractivity contribution in [2.75, 3.05) is 0 Å². The third-order valence-corrected chi connectivity index (χ3v) is 3.42. The third-order valence-electron chi connectivity index (χ3n) is 2.95. The quantitative estimate of drug-likeness (QED) is 0.862. The van der Waals surface area contributed by atoms with E-state index in [-0.39, 0.29) is 0 Å². The van der Waals surface area contributed by atoms with Crippen molar-refractivity contribution in [3.05, 3.63) is 52.3 Å². The van der Waals surface area contributed by atoms with Crippen LogP contribution in [0.3, 0.4) is 0 Å². The highest BCUT2D eigenvalue weighted by Crippen LogP contribution is 2.21. The van der Waals surface area contributed by atoms with Gasteiger partial charge < -0.3 is 9.84 Å². The van der Waals surface area contributed by atoms with Gasteiger partial charge in [-0.2, -0.15) is 5.10 Å². The van der Waals surface area contributed by atoms with E-state index in [0.717, 1.165) is 22.9 Å². The lowest BCUT2D eigenvalue weighted by Gasteiger charge is -2.06. The molecular formula is C15H15ClN2O3. The average Bonchev–Trinajstić information content (AvgIpc) is 2.69. The summed E-state index contributed by atoms with van der Waals surface area (Å²) >= 11 is 6.13. The maximum atomic E-state index is 10.4. The lowest BCUT2D eigenvalue weighted by Crippen LogP contribution is -1.97. The molecule has 6 heteroatoms. The summed E-state index contributed by atoms with van der Waals surface area (Å²) < 4.78 is 7.28. The van der Waals surface area contributed by atoms with E-state index in [1.165, 1.54) is 6.08 Å². The Balaban J connectivity index is 2.02. The van der Waals surface area contributed by atoms with Crippen molar-refractivity contribution >= 4 is 23.6 Å². The molecule has 2 aromatic rings. The van der Waals surface area contributed by atoms with Crippen LogP contribution in [0, 0.1) is 6.92 Å². The minimum atomic E-state index is -0.975. The first kappa shape index (κ1) is 15.1. The van der Waals surface area contributed by atoms with Crippen molar-refractivity contribution in [3.63, 3.8) is 0 Å². The first-order chi connectivity index (χ1) is 9.97. The summed E-state index contributed by atoms with van der Waals surface area (Å²) in [7, 11) is 1.78. The molecule has 0 unspecified atom stereocenters. The van der Waals surface area contributed by atoms with Gasteiger partial charge in [0.1, 0.15) is 17.5 Å². The van der Waals surface area contributed by atoms with Crippen LogP contribution in [0.5, 0.6) is 5.75 Å². The Labute approximate surface area is 127 Å². The summed E-state index contributed by atoms with van der Waals surface area (Å²) in [5.74, 6) is -0.293. The van der Waals surface area contributed by atoms with Gasteiger partial charge in [-0.3, -0.25) is 4.68 Å². The molecule has 2 rings (SSSR count). The summed E-state index contributed by atoms with van der Waals surface area (Å²) in [6, 6.07) is 7.13. The van der Waals surface area contributed by atoms with Crippen molar-refractivity contribution in [3.8, 4) is 5.75 Å². The SMILES string of the molecule is Cc1nn(C)c(Cl)c1COc1ccc(/C=C/C(=O)O)cc1. The second-order valence-electron chi connectivity index (χ2n) is 4.51. The zero-order chi connectivity index (χ0) is 15.4. The molecule has 0 fully saturated rings. The largest absolute Gasteiger partial charge is 0.489 e. The second kappa shape index (κ2) is 6.45. The van der Waals surface area contributed by atoms with Crippen molar-refractivity contribution in [1.82, 2.24) is 9.78 Å². The second-order valence-corrected chi connectivity index (χ2v) is 4.87. The van der Waals surface area contributed by atoms with Gasteiger partial charge in [-0.25, -0.2) is 4.79 Å². The van der Waals surface area contributed by atoms with E-state index in [1.54, 1.807) is 36.0 Å². The minimum absolute atomic E-state index is 0.336. The van der Waals surface area contributed by atoms with Gasteiger partial charge in [0.2, 0.25) is 0 Å². The van der Waals surface area contributed by atoms with Crippen molar-refractivity contribution in [2.24, 2.45) is 7.05 Å². The zero-order valence-corrected chi connectivity index (χ0v) is 12.5. The number of hydrogen-bond donors (Lipinski definition) is 1. The van der Waals surface area contributed by atoms with E-state index >= 15 is 0 Å². The lowest BCUT2D eigenvalue weighted by molar-refractivity contribution is -0.131. The van der Waals surface area contributed by atoms with Crippen LogP contribution in [0.4, 0.5) is 0 Å². The Morgan fingerprint density at radius 3 is 2.62 bits per heavy atom. The first-order valence-corrected chi connectivity index (χ1v) is 6.67. The Morgan fingerprint density at radius 1 is 1.43 bits per heavy atom. The fourth-order valence-corrected chi connectivity index (χ4v) is 2.07. The first-order valence-electron chi connectivity index (χ1n) is 6.29. The van der Waals surface area contributed by atoms with Crippen molar-refractivity contribution in [1.29, 1.82) is 0 Å². The van der Waals surface area contributed by atoms with Crippen molar-refractivity contribution in [2.45, 2.75) is 13.5 Å². The van der Waals surface area contributed by atoms with E-state index in [0.29, 0.717) is 17.5 Å². The maximum Gasteiger partial charge on any atom is 0.328 e. The smallest absolute Gasteiger partial charge is 0.328 e. The predicted octanol–water partition coefficient (Wildman–Crippen LogP) is 3.06. The number of ether oxygens (including phenoxy) is 1. The molecule has 0 amide bonds. The number of carboxylic acid groups (broad SMARTS) is 1. The molecule has 0 saturated heterocycles. The molecule has 5 nitrogen and oxygen atoms in total. The number of rotatable bonds is 5. The molecule has 110 valence electrons. The van der Waals surface area contributed by atoms with E-state index in [4.69, 9.17) is 21.4 Å². The molecule has 0 radical (unpaired) electrons. The third kappa shape index (κ3) is 3.86. The number of aromatic nitrogens is 2. The number of nitrogens with zero attached hydrogens (tertiary/aromatic N) is 2. The van der Waals surface area contributed by atoms with E-state index in [9.17, 15) is 4.79 Å². The summed E-state index contributed by atoms with van der Waals surface area (Å²) in [5.41, 5.74) is 2.48. The molecule has 1 aromatic carbocycles. The van der Waals surface area contributed by atoms with Gasteiger partial charge in [-0.05, 0) is 30.7 Å². The van der Waals surface area contributed by atoms with Gasteiger partial charge >= 0.3 is 5.97 Å². The maximum absolute atomic E-state index is 10.4. The molecule has 21 heavy (non-hydrogen) atoms.